The second kappa shape index (κ2) is 6.65. The van der Waals surface area contributed by atoms with Gasteiger partial charge in [-0.3, -0.25) is 0 Å². The number of ether oxygens (including phenoxy) is 2. The molecule has 0 radical (unpaired) electrons. The van der Waals surface area contributed by atoms with Crippen LogP contribution in [0.2, 0.25) is 0 Å². The van der Waals surface area contributed by atoms with E-state index in [1.54, 1.807) is 19.2 Å². The summed E-state index contributed by atoms with van der Waals surface area (Å²) in [6.45, 7) is 2.70. The zero-order valence-electron chi connectivity index (χ0n) is 9.84. The summed E-state index contributed by atoms with van der Waals surface area (Å²) in [4.78, 5) is 14.7. The maximum atomic E-state index is 10.5. The van der Waals surface area contributed by atoms with E-state index in [4.69, 9.17) is 14.6 Å². The molecule has 0 aromatic carbocycles. The standard InChI is InChI=1S/C12H15NO4/c1-9-3-5-11(17-8-7-16-2)10(13-9)4-6-12(14)15/h3-6H,7-8H2,1-2H3,(H,14,15). The predicted octanol–water partition coefficient (Wildman–Crippen LogP) is 1.51. The van der Waals surface area contributed by atoms with Crippen LogP contribution in [-0.2, 0) is 9.53 Å². The number of carboxylic acid groups (broad SMARTS) is 1. The molecule has 0 spiro atoms. The number of aryl methyl sites for hydroxylation is 1. The first-order valence-corrected chi connectivity index (χ1v) is 5.14. The lowest BCUT2D eigenvalue weighted by atomic mass is 10.2. The molecule has 1 N–H and O–H groups in total. The minimum atomic E-state index is -1.02. The lowest BCUT2D eigenvalue weighted by Gasteiger charge is -2.08. The van der Waals surface area contributed by atoms with Gasteiger partial charge < -0.3 is 14.6 Å². The van der Waals surface area contributed by atoms with Gasteiger partial charge in [0.05, 0.1) is 6.61 Å². The van der Waals surface area contributed by atoms with E-state index in [1.165, 1.54) is 6.08 Å². The smallest absolute Gasteiger partial charge is 0.328 e. The number of pyridine rings is 1. The third-order valence-corrected chi connectivity index (χ3v) is 1.95. The zero-order valence-corrected chi connectivity index (χ0v) is 9.84. The van der Waals surface area contributed by atoms with Crippen LogP contribution >= 0.6 is 0 Å². The Morgan fingerprint density at radius 2 is 2.24 bits per heavy atom. The fraction of sp³-hybridized carbons (Fsp3) is 0.333. The minimum absolute atomic E-state index is 0.398. The van der Waals surface area contributed by atoms with Crippen molar-refractivity contribution in [2.75, 3.05) is 20.3 Å². The first-order chi connectivity index (χ1) is 8.13. The molecule has 5 nitrogen and oxygen atoms in total. The van der Waals surface area contributed by atoms with Gasteiger partial charge in [0.2, 0.25) is 0 Å². The summed E-state index contributed by atoms with van der Waals surface area (Å²) < 4.78 is 10.3. The fourth-order valence-corrected chi connectivity index (χ4v) is 1.19. The van der Waals surface area contributed by atoms with Crippen LogP contribution < -0.4 is 4.74 Å². The molecule has 92 valence electrons. The maximum absolute atomic E-state index is 10.5. The van der Waals surface area contributed by atoms with Crippen LogP contribution in [0.15, 0.2) is 18.2 Å². The van der Waals surface area contributed by atoms with Crippen LogP contribution in [0.5, 0.6) is 5.75 Å². The van der Waals surface area contributed by atoms with E-state index < -0.39 is 5.97 Å². The number of carboxylic acids is 1. The Balaban J connectivity index is 2.83. The van der Waals surface area contributed by atoms with Gasteiger partial charge in [-0.05, 0) is 25.1 Å². The van der Waals surface area contributed by atoms with Crippen molar-refractivity contribution in [3.05, 3.63) is 29.6 Å². The zero-order chi connectivity index (χ0) is 12.7. The highest BCUT2D eigenvalue weighted by molar-refractivity contribution is 5.85. The van der Waals surface area contributed by atoms with Crippen molar-refractivity contribution in [1.82, 2.24) is 4.98 Å². The second-order valence-corrected chi connectivity index (χ2v) is 3.35. The van der Waals surface area contributed by atoms with Crippen molar-refractivity contribution < 1.29 is 19.4 Å². The van der Waals surface area contributed by atoms with Crippen molar-refractivity contribution in [3.63, 3.8) is 0 Å². The van der Waals surface area contributed by atoms with Gasteiger partial charge in [-0.2, -0.15) is 0 Å². The molecule has 0 bridgehead atoms. The van der Waals surface area contributed by atoms with E-state index in [0.29, 0.717) is 24.7 Å². The largest absolute Gasteiger partial charge is 0.489 e. The van der Waals surface area contributed by atoms with Gasteiger partial charge in [-0.1, -0.05) is 0 Å². The van der Waals surface area contributed by atoms with Gasteiger partial charge in [0, 0.05) is 18.9 Å². The molecule has 0 saturated heterocycles. The molecule has 0 unspecified atom stereocenters. The number of hydrogen-bond donors (Lipinski definition) is 1. The number of rotatable bonds is 6. The van der Waals surface area contributed by atoms with Crippen molar-refractivity contribution in [3.8, 4) is 5.75 Å². The molecule has 0 aliphatic rings. The molecular formula is C12H15NO4. The Bertz CT molecular complexity index is 415. The normalized spacial score (nSPS) is 10.7. The number of aliphatic carboxylic acids is 1. The van der Waals surface area contributed by atoms with Crippen LogP contribution in [-0.4, -0.2) is 36.4 Å². The van der Waals surface area contributed by atoms with E-state index in [9.17, 15) is 4.79 Å². The SMILES string of the molecule is COCCOc1ccc(C)nc1C=CC(=O)O. The Labute approximate surface area is 99.7 Å². The number of hydrogen-bond acceptors (Lipinski definition) is 4. The number of carbonyl (C=O) groups is 1. The third kappa shape index (κ3) is 4.65. The Kier molecular flexibility index (Phi) is 5.16. The molecular weight excluding hydrogens is 222 g/mol. The van der Waals surface area contributed by atoms with Crippen molar-refractivity contribution >= 4 is 12.0 Å². The summed E-state index contributed by atoms with van der Waals surface area (Å²) in [5.74, 6) is -0.471. The maximum Gasteiger partial charge on any atom is 0.328 e. The molecule has 1 aromatic rings. The third-order valence-electron chi connectivity index (χ3n) is 1.95. The van der Waals surface area contributed by atoms with Crippen LogP contribution in [0.25, 0.3) is 6.08 Å². The van der Waals surface area contributed by atoms with E-state index in [2.05, 4.69) is 4.98 Å². The summed E-state index contributed by atoms with van der Waals surface area (Å²) in [5, 5.41) is 8.57. The Morgan fingerprint density at radius 1 is 1.47 bits per heavy atom. The van der Waals surface area contributed by atoms with Crippen LogP contribution in [0.3, 0.4) is 0 Å². The lowest BCUT2D eigenvalue weighted by Crippen LogP contribution is -2.06. The molecule has 0 amide bonds. The highest BCUT2D eigenvalue weighted by Crippen LogP contribution is 2.18. The summed E-state index contributed by atoms with van der Waals surface area (Å²) >= 11 is 0. The molecule has 5 heteroatoms. The van der Waals surface area contributed by atoms with E-state index in [0.717, 1.165) is 11.8 Å². The average molecular weight is 237 g/mol. The first kappa shape index (κ1) is 13.2. The molecule has 0 atom stereocenters. The average Bonchev–Trinajstić information content (AvgIpc) is 2.29. The summed E-state index contributed by atoms with van der Waals surface area (Å²) in [5.41, 5.74) is 1.30. The van der Waals surface area contributed by atoms with Gasteiger partial charge >= 0.3 is 5.97 Å². The van der Waals surface area contributed by atoms with E-state index >= 15 is 0 Å². The molecule has 0 aliphatic heterocycles. The monoisotopic (exact) mass is 237 g/mol. The van der Waals surface area contributed by atoms with Gasteiger partial charge in [0.1, 0.15) is 18.1 Å². The van der Waals surface area contributed by atoms with Crippen molar-refractivity contribution in [2.24, 2.45) is 0 Å². The number of aromatic nitrogens is 1. The lowest BCUT2D eigenvalue weighted by molar-refractivity contribution is -0.131. The van der Waals surface area contributed by atoms with Crippen LogP contribution in [0.1, 0.15) is 11.4 Å². The Hall–Kier alpha value is -1.88. The van der Waals surface area contributed by atoms with E-state index in [1.807, 2.05) is 6.92 Å². The quantitative estimate of drug-likeness (QED) is 0.600. The molecule has 1 aromatic heterocycles. The highest BCUT2D eigenvalue weighted by atomic mass is 16.5. The van der Waals surface area contributed by atoms with Gasteiger partial charge in [-0.25, -0.2) is 9.78 Å². The second-order valence-electron chi connectivity index (χ2n) is 3.35. The first-order valence-electron chi connectivity index (χ1n) is 5.14. The van der Waals surface area contributed by atoms with E-state index in [-0.39, 0.29) is 0 Å². The molecule has 0 saturated carbocycles. The van der Waals surface area contributed by atoms with Crippen molar-refractivity contribution in [1.29, 1.82) is 0 Å². The number of methoxy groups -OCH3 is 1. The van der Waals surface area contributed by atoms with Crippen LogP contribution in [0.4, 0.5) is 0 Å². The molecule has 1 heterocycles. The predicted molar refractivity (Wildman–Crippen MR) is 63.0 cm³/mol. The number of nitrogens with zero attached hydrogens (tertiary/aromatic N) is 1. The highest BCUT2D eigenvalue weighted by Gasteiger charge is 2.03. The van der Waals surface area contributed by atoms with Gasteiger partial charge in [0.15, 0.2) is 0 Å². The molecule has 0 fully saturated rings. The molecule has 17 heavy (non-hydrogen) atoms. The summed E-state index contributed by atoms with van der Waals surface area (Å²) in [6, 6.07) is 3.57. The fourth-order valence-electron chi connectivity index (χ4n) is 1.19. The summed E-state index contributed by atoms with van der Waals surface area (Å²) in [6.07, 6.45) is 2.45. The molecule has 0 aliphatic carbocycles. The van der Waals surface area contributed by atoms with Gasteiger partial charge in [0.25, 0.3) is 0 Å². The molecule has 1 rings (SSSR count). The minimum Gasteiger partial charge on any atom is -0.489 e. The van der Waals surface area contributed by atoms with Crippen molar-refractivity contribution in [2.45, 2.75) is 6.92 Å². The summed E-state index contributed by atoms with van der Waals surface area (Å²) in [7, 11) is 1.59. The topological polar surface area (TPSA) is 68.7 Å². The van der Waals surface area contributed by atoms with Crippen LogP contribution in [0, 0.1) is 6.92 Å². The Morgan fingerprint density at radius 3 is 2.88 bits per heavy atom. The van der Waals surface area contributed by atoms with Gasteiger partial charge in [-0.15, -0.1) is 0 Å².